The summed E-state index contributed by atoms with van der Waals surface area (Å²) in [7, 11) is 0. The van der Waals surface area contributed by atoms with Crippen molar-refractivity contribution in [3.8, 4) is 0 Å². The number of benzene rings is 2. The van der Waals surface area contributed by atoms with Gasteiger partial charge in [-0.25, -0.2) is 4.79 Å². The largest absolute Gasteiger partial charge is 0.476 e. The first-order valence-corrected chi connectivity index (χ1v) is 15.0. The molecule has 2 aromatic heterocycles. The lowest BCUT2D eigenvalue weighted by Gasteiger charge is -2.35. The van der Waals surface area contributed by atoms with Gasteiger partial charge in [-0.3, -0.25) is 9.59 Å². The normalized spacial score (nSPS) is 17.3. The van der Waals surface area contributed by atoms with Crippen molar-refractivity contribution < 1.29 is 32.7 Å². The molecule has 0 bridgehead atoms. The first kappa shape index (κ1) is 33.3. The number of hydrogen-bond acceptors (Lipinski definition) is 8. The number of aromatic nitrogens is 4. The third kappa shape index (κ3) is 8.58. The van der Waals surface area contributed by atoms with Crippen LogP contribution in [0.1, 0.15) is 54.8 Å². The van der Waals surface area contributed by atoms with Crippen molar-refractivity contribution in [2.75, 3.05) is 37.6 Å². The summed E-state index contributed by atoms with van der Waals surface area (Å²) in [5, 5.41) is 26.3. The number of carbonyl (C=O) groups excluding carboxylic acids is 2. The maximum absolute atomic E-state index is 13.3. The van der Waals surface area contributed by atoms with Gasteiger partial charge in [-0.2, -0.15) is 13.2 Å². The molecule has 2 aliphatic rings. The van der Waals surface area contributed by atoms with E-state index in [0.29, 0.717) is 37.3 Å². The molecule has 6 rings (SSSR count). The fourth-order valence-electron chi connectivity index (χ4n) is 5.17. The summed E-state index contributed by atoms with van der Waals surface area (Å²) in [6.45, 7) is 1.86. The van der Waals surface area contributed by atoms with Crippen LogP contribution in [-0.4, -0.2) is 80.9 Å². The molecule has 47 heavy (non-hydrogen) atoms. The van der Waals surface area contributed by atoms with Crippen LogP contribution >= 0.6 is 11.6 Å². The van der Waals surface area contributed by atoms with Gasteiger partial charge in [-0.1, -0.05) is 54.1 Å². The molecule has 2 amide bonds. The van der Waals surface area contributed by atoms with Crippen molar-refractivity contribution in [2.24, 2.45) is 5.92 Å². The quantitative estimate of drug-likeness (QED) is 0.284. The maximum atomic E-state index is 13.3. The molecule has 1 saturated carbocycles. The highest BCUT2D eigenvalue weighted by atomic mass is 35.5. The fraction of sp³-hybridized carbons (Fsp3) is 0.281. The monoisotopic (exact) mass is 667 g/mol. The summed E-state index contributed by atoms with van der Waals surface area (Å²) in [6.07, 6.45) is -3.55. The molecule has 2 fully saturated rings. The van der Waals surface area contributed by atoms with Gasteiger partial charge in [0.1, 0.15) is 0 Å². The molecule has 11 nitrogen and oxygen atoms in total. The van der Waals surface area contributed by atoms with Crippen molar-refractivity contribution >= 4 is 35.2 Å². The molecular weight excluding hydrogens is 639 g/mol. The number of rotatable bonds is 7. The van der Waals surface area contributed by atoms with E-state index < -0.39 is 23.6 Å². The Balaban J connectivity index is 0.000000371. The molecule has 2 N–H and O–H groups in total. The van der Waals surface area contributed by atoms with E-state index in [4.69, 9.17) is 16.7 Å². The van der Waals surface area contributed by atoms with E-state index in [0.717, 1.165) is 12.5 Å². The van der Waals surface area contributed by atoms with Crippen molar-refractivity contribution in [2.45, 2.75) is 18.5 Å². The number of carbonyl (C=O) groups is 3. The predicted octanol–water partition coefficient (Wildman–Crippen LogP) is 4.82. The van der Waals surface area contributed by atoms with E-state index in [1.54, 1.807) is 12.1 Å². The molecule has 4 aromatic rings. The highest BCUT2D eigenvalue weighted by molar-refractivity contribution is 6.29. The van der Waals surface area contributed by atoms with E-state index in [9.17, 15) is 27.6 Å². The molecule has 3 heterocycles. The van der Waals surface area contributed by atoms with Crippen LogP contribution in [0.2, 0.25) is 5.15 Å². The summed E-state index contributed by atoms with van der Waals surface area (Å²) in [5.41, 5.74) is 0.124. The first-order valence-electron chi connectivity index (χ1n) is 14.6. The lowest BCUT2D eigenvalue weighted by Crippen LogP contribution is -2.49. The number of nitrogens with zero attached hydrogens (tertiary/aromatic N) is 6. The van der Waals surface area contributed by atoms with Gasteiger partial charge in [-0.15, -0.1) is 20.4 Å². The Labute approximate surface area is 272 Å². The highest BCUT2D eigenvalue weighted by Crippen LogP contribution is 2.46. The summed E-state index contributed by atoms with van der Waals surface area (Å²) in [5.74, 6) is -0.592. The Kier molecular flexibility index (Phi) is 10.3. The zero-order valence-electron chi connectivity index (χ0n) is 24.8. The number of anilines is 1. The van der Waals surface area contributed by atoms with E-state index in [2.05, 4.69) is 37.8 Å². The number of aromatic carboxylic acids is 1. The summed E-state index contributed by atoms with van der Waals surface area (Å²) >= 11 is 5.35. The molecule has 1 aliphatic heterocycles. The molecule has 1 saturated heterocycles. The first-order chi connectivity index (χ1) is 22.5. The topological polar surface area (TPSA) is 142 Å². The van der Waals surface area contributed by atoms with Gasteiger partial charge < -0.3 is 20.2 Å². The molecule has 15 heteroatoms. The Bertz CT molecular complexity index is 1700. The molecule has 0 spiro atoms. The van der Waals surface area contributed by atoms with Gasteiger partial charge in [0.15, 0.2) is 22.4 Å². The number of nitrogens with one attached hydrogen (secondary N) is 1. The maximum Gasteiger partial charge on any atom is 0.417 e. The molecular formula is C32H29ClF3N7O4. The number of alkyl halides is 3. The van der Waals surface area contributed by atoms with E-state index in [-0.39, 0.29) is 41.1 Å². The number of amides is 2. The van der Waals surface area contributed by atoms with Crippen LogP contribution in [0.4, 0.5) is 19.0 Å². The number of piperazine rings is 1. The van der Waals surface area contributed by atoms with Gasteiger partial charge in [0.05, 0.1) is 11.1 Å². The minimum Gasteiger partial charge on any atom is -0.476 e. The highest BCUT2D eigenvalue weighted by Gasteiger charge is 2.38. The number of hydrogen-bond donors (Lipinski definition) is 2. The molecule has 2 aromatic carbocycles. The van der Waals surface area contributed by atoms with Gasteiger partial charge in [0.25, 0.3) is 11.8 Å². The van der Waals surface area contributed by atoms with E-state index >= 15 is 0 Å². The predicted molar refractivity (Wildman–Crippen MR) is 165 cm³/mol. The average Bonchev–Trinajstić information content (AvgIpc) is 3.87. The van der Waals surface area contributed by atoms with Gasteiger partial charge in [0.2, 0.25) is 0 Å². The van der Waals surface area contributed by atoms with E-state index in [1.807, 2.05) is 23.1 Å². The van der Waals surface area contributed by atoms with Crippen LogP contribution in [0.25, 0.3) is 0 Å². The average molecular weight is 668 g/mol. The Morgan fingerprint density at radius 2 is 1.49 bits per heavy atom. The second-order valence-electron chi connectivity index (χ2n) is 10.9. The molecule has 1 aliphatic carbocycles. The molecule has 2 atom stereocenters. The standard InChI is InChI=1S/C27H26F3N5O2.C5H3ClN2O2/c28-27(29,30)22-9-5-4-8-20(22)26(37)35-14-12-34(13-15-35)24-11-10-23(32-33-24)25(36)31-17-19-16-21(19)18-6-2-1-3-7-18;6-4-2-1-3(5(9)10)7-8-4/h1-11,19,21H,12-17H2,(H,31,36);1-2H,(H,9,10). The smallest absolute Gasteiger partial charge is 0.417 e. The number of carboxylic acids is 1. The zero-order chi connectivity index (χ0) is 33.6. The lowest BCUT2D eigenvalue weighted by molar-refractivity contribution is -0.138. The van der Waals surface area contributed by atoms with Crippen molar-refractivity contribution in [1.82, 2.24) is 30.6 Å². The summed E-state index contributed by atoms with van der Waals surface area (Å²) in [6, 6.07) is 21.0. The van der Waals surface area contributed by atoms with Crippen LogP contribution in [-0.2, 0) is 6.18 Å². The van der Waals surface area contributed by atoms with Crippen LogP contribution < -0.4 is 10.2 Å². The summed E-state index contributed by atoms with van der Waals surface area (Å²) < 4.78 is 39.9. The lowest BCUT2D eigenvalue weighted by atomic mass is 10.1. The SMILES string of the molecule is O=C(NCC1CC1c1ccccc1)c1ccc(N2CCN(C(=O)c3ccccc3C(F)(F)F)CC2)nn1.O=C(O)c1ccc(Cl)nn1. The van der Waals surface area contributed by atoms with Crippen molar-refractivity contribution in [3.63, 3.8) is 0 Å². The number of carboxylic acid groups (broad SMARTS) is 1. The summed E-state index contributed by atoms with van der Waals surface area (Å²) in [4.78, 5) is 38.8. The van der Waals surface area contributed by atoms with Crippen LogP contribution in [0.15, 0.2) is 78.9 Å². The molecule has 0 radical (unpaired) electrons. The Morgan fingerprint density at radius 3 is 2.11 bits per heavy atom. The third-order valence-electron chi connectivity index (χ3n) is 7.76. The minimum atomic E-state index is -4.60. The number of halogens is 4. The molecule has 2 unspecified atom stereocenters. The van der Waals surface area contributed by atoms with Crippen molar-refractivity contribution in [3.05, 3.63) is 112 Å². The van der Waals surface area contributed by atoms with E-state index in [1.165, 1.54) is 40.8 Å². The zero-order valence-corrected chi connectivity index (χ0v) is 25.5. The Morgan fingerprint density at radius 1 is 0.830 bits per heavy atom. The Hall–Kier alpha value is -5.11. The van der Waals surface area contributed by atoms with Gasteiger partial charge in [-0.05, 0) is 60.2 Å². The minimum absolute atomic E-state index is 0.107. The second kappa shape index (κ2) is 14.5. The second-order valence-corrected chi connectivity index (χ2v) is 11.3. The van der Waals surface area contributed by atoms with Crippen LogP contribution in [0, 0.1) is 5.92 Å². The van der Waals surface area contributed by atoms with Crippen molar-refractivity contribution in [1.29, 1.82) is 0 Å². The van der Waals surface area contributed by atoms with Crippen LogP contribution in [0.3, 0.4) is 0 Å². The van der Waals surface area contributed by atoms with Gasteiger partial charge >= 0.3 is 12.1 Å². The van der Waals surface area contributed by atoms with Crippen LogP contribution in [0.5, 0.6) is 0 Å². The van der Waals surface area contributed by atoms with Gasteiger partial charge in [0, 0.05) is 32.7 Å². The fourth-order valence-corrected chi connectivity index (χ4v) is 5.27. The third-order valence-corrected chi connectivity index (χ3v) is 7.96. The molecule has 244 valence electrons.